The van der Waals surface area contributed by atoms with Crippen molar-refractivity contribution < 1.29 is 14.6 Å². The first-order valence-electron chi connectivity index (χ1n) is 4.42. The Balaban J connectivity index is 4.27. The molecule has 0 aliphatic heterocycles. The molecule has 1 unspecified atom stereocenters. The second-order valence-electron chi connectivity index (χ2n) is 4.35. The van der Waals surface area contributed by atoms with Gasteiger partial charge >= 0.3 is 5.97 Å². The lowest BCUT2D eigenvalue weighted by molar-refractivity contribution is -0.149. The zero-order valence-corrected chi connectivity index (χ0v) is 9.26. The molecule has 0 fully saturated rings. The minimum absolute atomic E-state index is 0.137. The summed E-state index contributed by atoms with van der Waals surface area (Å²) in [4.78, 5) is 11.0. The SMILES string of the molecule is C=C(C)C(=O)OCC(C)(O)C(C)(C)N. The van der Waals surface area contributed by atoms with E-state index in [0.717, 1.165) is 0 Å². The number of hydrogen-bond acceptors (Lipinski definition) is 4. The second-order valence-corrected chi connectivity index (χ2v) is 4.35. The van der Waals surface area contributed by atoms with Crippen LogP contribution < -0.4 is 5.73 Å². The van der Waals surface area contributed by atoms with Crippen molar-refractivity contribution in [2.24, 2.45) is 5.73 Å². The van der Waals surface area contributed by atoms with Gasteiger partial charge in [0.15, 0.2) is 0 Å². The van der Waals surface area contributed by atoms with Crippen molar-refractivity contribution in [2.45, 2.75) is 38.8 Å². The molecule has 0 heterocycles. The third-order valence-corrected chi connectivity index (χ3v) is 2.22. The Morgan fingerprint density at radius 1 is 1.50 bits per heavy atom. The average molecular weight is 201 g/mol. The molecule has 0 amide bonds. The van der Waals surface area contributed by atoms with Crippen molar-refractivity contribution in [1.82, 2.24) is 0 Å². The number of aliphatic hydroxyl groups is 1. The Labute approximate surface area is 84.7 Å². The monoisotopic (exact) mass is 201 g/mol. The summed E-state index contributed by atoms with van der Waals surface area (Å²) in [5.41, 5.74) is 3.93. The molecule has 4 heteroatoms. The molecule has 1 atom stereocenters. The van der Waals surface area contributed by atoms with Gasteiger partial charge in [-0.1, -0.05) is 6.58 Å². The number of nitrogens with two attached hydrogens (primary N) is 1. The van der Waals surface area contributed by atoms with E-state index in [0.29, 0.717) is 5.57 Å². The van der Waals surface area contributed by atoms with E-state index in [9.17, 15) is 9.90 Å². The van der Waals surface area contributed by atoms with Crippen LogP contribution >= 0.6 is 0 Å². The maximum Gasteiger partial charge on any atom is 0.333 e. The fourth-order valence-corrected chi connectivity index (χ4v) is 0.515. The fraction of sp³-hybridized carbons (Fsp3) is 0.700. The van der Waals surface area contributed by atoms with Gasteiger partial charge in [-0.2, -0.15) is 0 Å². The highest BCUT2D eigenvalue weighted by Gasteiger charge is 2.37. The first-order valence-corrected chi connectivity index (χ1v) is 4.42. The normalized spacial score (nSPS) is 15.9. The fourth-order valence-electron chi connectivity index (χ4n) is 0.515. The molecule has 0 aliphatic carbocycles. The van der Waals surface area contributed by atoms with E-state index >= 15 is 0 Å². The molecule has 0 aromatic carbocycles. The molecule has 0 saturated carbocycles. The van der Waals surface area contributed by atoms with E-state index in [-0.39, 0.29) is 6.61 Å². The molecule has 82 valence electrons. The third kappa shape index (κ3) is 3.47. The molecule has 0 aromatic heterocycles. The molecule has 3 N–H and O–H groups in total. The predicted octanol–water partition coefficient (Wildman–Crippen LogP) is 0.594. The van der Waals surface area contributed by atoms with E-state index in [1.807, 2.05) is 0 Å². The van der Waals surface area contributed by atoms with E-state index in [1.54, 1.807) is 20.8 Å². The lowest BCUT2D eigenvalue weighted by atomic mass is 9.86. The summed E-state index contributed by atoms with van der Waals surface area (Å²) in [7, 11) is 0. The van der Waals surface area contributed by atoms with Gasteiger partial charge in [-0.25, -0.2) is 4.79 Å². The molecule has 0 aliphatic rings. The zero-order chi connectivity index (χ0) is 11.6. The largest absolute Gasteiger partial charge is 0.459 e. The minimum Gasteiger partial charge on any atom is -0.459 e. The van der Waals surface area contributed by atoms with Crippen LogP contribution in [0.3, 0.4) is 0 Å². The van der Waals surface area contributed by atoms with Gasteiger partial charge in [0.1, 0.15) is 12.2 Å². The molecule has 0 bridgehead atoms. The van der Waals surface area contributed by atoms with E-state index in [1.165, 1.54) is 6.92 Å². The van der Waals surface area contributed by atoms with Crippen LogP contribution in [0.15, 0.2) is 12.2 Å². The average Bonchev–Trinajstić information content (AvgIpc) is 1.97. The van der Waals surface area contributed by atoms with Crippen molar-refractivity contribution in [3.63, 3.8) is 0 Å². The molecular formula is C10H19NO3. The third-order valence-electron chi connectivity index (χ3n) is 2.22. The highest BCUT2D eigenvalue weighted by Crippen LogP contribution is 2.19. The van der Waals surface area contributed by atoms with Crippen LogP contribution in [0.5, 0.6) is 0 Å². The Morgan fingerprint density at radius 3 is 2.21 bits per heavy atom. The van der Waals surface area contributed by atoms with Gasteiger partial charge in [0.2, 0.25) is 0 Å². The number of ether oxygens (including phenoxy) is 1. The number of hydrogen-bond donors (Lipinski definition) is 2. The van der Waals surface area contributed by atoms with Gasteiger partial charge in [0, 0.05) is 11.1 Å². The van der Waals surface area contributed by atoms with Gasteiger partial charge in [0.05, 0.1) is 0 Å². The van der Waals surface area contributed by atoms with Crippen LogP contribution in [0.25, 0.3) is 0 Å². The summed E-state index contributed by atoms with van der Waals surface area (Å²) < 4.78 is 4.83. The zero-order valence-electron chi connectivity index (χ0n) is 9.26. The predicted molar refractivity (Wildman–Crippen MR) is 54.7 cm³/mol. The first-order chi connectivity index (χ1) is 6.08. The molecule has 0 spiro atoms. The lowest BCUT2D eigenvalue weighted by Crippen LogP contribution is -2.57. The molecular weight excluding hydrogens is 182 g/mol. The van der Waals surface area contributed by atoms with E-state index in [2.05, 4.69) is 6.58 Å². The summed E-state index contributed by atoms with van der Waals surface area (Å²) in [5, 5.41) is 9.85. The van der Waals surface area contributed by atoms with Crippen LogP contribution in [-0.4, -0.2) is 28.8 Å². The number of esters is 1. The molecule has 14 heavy (non-hydrogen) atoms. The summed E-state index contributed by atoms with van der Waals surface area (Å²) in [6, 6.07) is 0. The Kier molecular flexibility index (Phi) is 3.85. The molecule has 0 rings (SSSR count). The van der Waals surface area contributed by atoms with Gasteiger partial charge < -0.3 is 15.6 Å². The van der Waals surface area contributed by atoms with E-state index in [4.69, 9.17) is 10.5 Å². The van der Waals surface area contributed by atoms with Crippen LogP contribution in [0, 0.1) is 0 Å². The molecule has 4 nitrogen and oxygen atoms in total. The summed E-state index contributed by atoms with van der Waals surface area (Å²) in [6.07, 6.45) is 0. The Bertz CT molecular complexity index is 238. The lowest BCUT2D eigenvalue weighted by Gasteiger charge is -2.36. The van der Waals surface area contributed by atoms with Crippen molar-refractivity contribution >= 4 is 5.97 Å². The van der Waals surface area contributed by atoms with Crippen molar-refractivity contribution in [3.8, 4) is 0 Å². The van der Waals surface area contributed by atoms with Gasteiger partial charge in [-0.15, -0.1) is 0 Å². The standard InChI is InChI=1S/C10H19NO3/c1-7(2)8(12)14-6-10(5,13)9(3,4)11/h13H,1,6,11H2,2-5H3. The van der Waals surface area contributed by atoms with Gasteiger partial charge in [-0.05, 0) is 27.7 Å². The minimum atomic E-state index is -1.25. The van der Waals surface area contributed by atoms with Gasteiger partial charge in [-0.3, -0.25) is 0 Å². The van der Waals surface area contributed by atoms with Crippen molar-refractivity contribution in [2.75, 3.05) is 6.61 Å². The quantitative estimate of drug-likeness (QED) is 0.516. The second kappa shape index (κ2) is 4.11. The summed E-state index contributed by atoms with van der Waals surface area (Å²) >= 11 is 0. The highest BCUT2D eigenvalue weighted by atomic mass is 16.5. The van der Waals surface area contributed by atoms with E-state index < -0.39 is 17.1 Å². The Morgan fingerprint density at radius 2 is 1.93 bits per heavy atom. The van der Waals surface area contributed by atoms with Crippen LogP contribution in [0.1, 0.15) is 27.7 Å². The van der Waals surface area contributed by atoms with Crippen LogP contribution in [0.2, 0.25) is 0 Å². The van der Waals surface area contributed by atoms with Crippen molar-refractivity contribution in [1.29, 1.82) is 0 Å². The number of rotatable bonds is 4. The maximum atomic E-state index is 11.0. The van der Waals surface area contributed by atoms with Crippen molar-refractivity contribution in [3.05, 3.63) is 12.2 Å². The molecule has 0 saturated heterocycles. The Hall–Kier alpha value is -0.870. The topological polar surface area (TPSA) is 72.5 Å². The molecule has 0 aromatic rings. The summed E-state index contributed by atoms with van der Waals surface area (Å²) in [5.74, 6) is -0.519. The first kappa shape index (κ1) is 13.1. The van der Waals surface area contributed by atoms with Gasteiger partial charge in [0.25, 0.3) is 0 Å². The molecule has 0 radical (unpaired) electrons. The number of carbonyl (C=O) groups excluding carboxylic acids is 1. The van der Waals surface area contributed by atoms with Crippen LogP contribution in [-0.2, 0) is 9.53 Å². The number of carbonyl (C=O) groups is 1. The smallest absolute Gasteiger partial charge is 0.333 e. The maximum absolute atomic E-state index is 11.0. The highest BCUT2D eigenvalue weighted by molar-refractivity contribution is 5.86. The summed E-state index contributed by atoms with van der Waals surface area (Å²) in [6.45, 7) is 9.70. The van der Waals surface area contributed by atoms with Crippen LogP contribution in [0.4, 0.5) is 0 Å².